The van der Waals surface area contributed by atoms with E-state index >= 15 is 0 Å². The van der Waals surface area contributed by atoms with Crippen LogP contribution in [0.4, 0.5) is 10.5 Å². The number of urea groups is 1. The van der Waals surface area contributed by atoms with Gasteiger partial charge in [-0.15, -0.1) is 0 Å². The van der Waals surface area contributed by atoms with Gasteiger partial charge in [0.15, 0.2) is 5.75 Å². The van der Waals surface area contributed by atoms with Crippen molar-refractivity contribution in [3.8, 4) is 5.75 Å². The lowest BCUT2D eigenvalue weighted by molar-refractivity contribution is 0.256. The van der Waals surface area contributed by atoms with Crippen LogP contribution < -0.4 is 14.8 Å². The molecule has 1 aliphatic heterocycles. The molecule has 2 rings (SSSR count). The van der Waals surface area contributed by atoms with Crippen molar-refractivity contribution in [3.63, 3.8) is 0 Å². The highest BCUT2D eigenvalue weighted by atomic mass is 35.5. The summed E-state index contributed by atoms with van der Waals surface area (Å²) in [6, 6.07) is 1.25. The fourth-order valence-electron chi connectivity index (χ4n) is 1.23. The molecule has 7 heteroatoms. The van der Waals surface area contributed by atoms with Crippen molar-refractivity contribution in [2.45, 2.75) is 4.90 Å². The Morgan fingerprint density at radius 1 is 1.40 bits per heavy atom. The fourth-order valence-corrected chi connectivity index (χ4v) is 2.54. The predicted octanol–water partition coefficient (Wildman–Crippen LogP) is 3.14. The first kappa shape index (κ1) is 10.7. The van der Waals surface area contributed by atoms with Gasteiger partial charge in [0.2, 0.25) is 0 Å². The molecule has 1 heterocycles. The van der Waals surface area contributed by atoms with Crippen LogP contribution in [0.3, 0.4) is 0 Å². The van der Waals surface area contributed by atoms with E-state index in [4.69, 9.17) is 27.9 Å². The minimum Gasteiger partial charge on any atom is -0.493 e. The Morgan fingerprint density at radius 2 is 2.13 bits per heavy atom. The zero-order valence-corrected chi connectivity index (χ0v) is 9.89. The van der Waals surface area contributed by atoms with E-state index in [9.17, 15) is 4.79 Å². The molecule has 2 N–H and O–H groups in total. The van der Waals surface area contributed by atoms with Crippen LogP contribution in [0.1, 0.15) is 0 Å². The van der Waals surface area contributed by atoms with Crippen LogP contribution in [0.25, 0.3) is 0 Å². The topological polar surface area (TPSA) is 50.4 Å². The van der Waals surface area contributed by atoms with Gasteiger partial charge in [-0.2, -0.15) is 0 Å². The molecule has 1 aromatic rings. The molecule has 0 unspecified atom stereocenters. The summed E-state index contributed by atoms with van der Waals surface area (Å²) in [5, 5.41) is 3.43. The Morgan fingerprint density at radius 3 is 2.80 bits per heavy atom. The van der Waals surface area contributed by atoms with Crippen LogP contribution in [0.5, 0.6) is 5.75 Å². The second kappa shape index (κ2) is 4.00. The van der Waals surface area contributed by atoms with Crippen molar-refractivity contribution < 1.29 is 9.53 Å². The van der Waals surface area contributed by atoms with Crippen molar-refractivity contribution in [2.75, 3.05) is 12.4 Å². The van der Waals surface area contributed by atoms with E-state index in [1.165, 1.54) is 7.11 Å². The first-order valence-electron chi connectivity index (χ1n) is 3.93. The lowest BCUT2D eigenvalue weighted by Crippen LogP contribution is -2.27. The van der Waals surface area contributed by atoms with Gasteiger partial charge in [-0.05, 0) is 18.0 Å². The molecule has 0 bridgehead atoms. The number of benzene rings is 1. The van der Waals surface area contributed by atoms with Crippen molar-refractivity contribution in [1.29, 1.82) is 0 Å². The highest BCUT2D eigenvalue weighted by Crippen LogP contribution is 2.45. The molecule has 1 aromatic carbocycles. The zero-order valence-electron chi connectivity index (χ0n) is 7.56. The van der Waals surface area contributed by atoms with Crippen LogP contribution in [0.2, 0.25) is 10.0 Å². The third-order valence-corrected chi connectivity index (χ3v) is 3.44. The molecule has 1 aliphatic rings. The van der Waals surface area contributed by atoms with Crippen LogP contribution in [-0.2, 0) is 0 Å². The second-order valence-electron chi connectivity index (χ2n) is 2.74. The van der Waals surface area contributed by atoms with Gasteiger partial charge in [-0.1, -0.05) is 23.2 Å². The number of halogens is 2. The van der Waals surface area contributed by atoms with Crippen LogP contribution in [0.15, 0.2) is 11.0 Å². The SMILES string of the molecule is COc1c(Cl)cc(Cl)c2c1NC(=O)NS2. The Hall–Kier alpha value is -0.780. The lowest BCUT2D eigenvalue weighted by Gasteiger charge is -2.21. The predicted molar refractivity (Wildman–Crippen MR) is 61.0 cm³/mol. The number of methoxy groups -OCH3 is 1. The first-order chi connectivity index (χ1) is 7.13. The number of nitrogens with one attached hydrogen (secondary N) is 2. The zero-order chi connectivity index (χ0) is 11.0. The lowest BCUT2D eigenvalue weighted by atomic mass is 10.3. The number of rotatable bonds is 1. The van der Waals surface area contributed by atoms with Crippen molar-refractivity contribution >= 4 is 46.9 Å². The summed E-state index contributed by atoms with van der Waals surface area (Å²) in [5.74, 6) is 0.415. The van der Waals surface area contributed by atoms with E-state index in [0.29, 0.717) is 26.4 Å². The molecule has 15 heavy (non-hydrogen) atoms. The van der Waals surface area contributed by atoms with Gasteiger partial charge >= 0.3 is 6.03 Å². The number of fused-ring (bicyclic) bond motifs is 1. The normalized spacial score (nSPS) is 13.9. The monoisotopic (exact) mass is 264 g/mol. The molecule has 0 aromatic heterocycles. The van der Waals surface area contributed by atoms with E-state index in [-0.39, 0.29) is 6.03 Å². The summed E-state index contributed by atoms with van der Waals surface area (Å²) in [5.41, 5.74) is 0.503. The molecule has 0 spiro atoms. The highest BCUT2D eigenvalue weighted by molar-refractivity contribution is 7.98. The molecule has 80 valence electrons. The minimum absolute atomic E-state index is 0.330. The van der Waals surface area contributed by atoms with Crippen LogP contribution in [0, 0.1) is 0 Å². The number of ether oxygens (including phenoxy) is 1. The summed E-state index contributed by atoms with van der Waals surface area (Å²) in [6.07, 6.45) is 0. The maximum absolute atomic E-state index is 11.1. The number of hydrogen-bond acceptors (Lipinski definition) is 3. The Bertz CT molecular complexity index is 419. The summed E-state index contributed by atoms with van der Waals surface area (Å²) in [7, 11) is 1.48. The third kappa shape index (κ3) is 1.82. The number of carbonyl (C=O) groups is 1. The summed E-state index contributed by atoms with van der Waals surface area (Å²) < 4.78 is 7.63. The van der Waals surface area contributed by atoms with Crippen LogP contribution >= 0.6 is 35.1 Å². The first-order valence-corrected chi connectivity index (χ1v) is 5.50. The van der Waals surface area contributed by atoms with E-state index in [0.717, 1.165) is 11.9 Å². The largest absolute Gasteiger partial charge is 0.493 e. The Balaban J connectivity index is 2.63. The third-order valence-electron chi connectivity index (χ3n) is 1.83. The molecule has 0 saturated carbocycles. The number of carbonyl (C=O) groups excluding carboxylic acids is 1. The molecule has 0 fully saturated rings. The van der Waals surface area contributed by atoms with Crippen molar-refractivity contribution in [2.24, 2.45) is 0 Å². The standard InChI is InChI=1S/C8H6Cl2N2O2S/c1-14-6-3(9)2-4(10)7-5(6)11-8(13)12-15-7/h2H,1H3,(H2,11,12,13). The highest BCUT2D eigenvalue weighted by Gasteiger charge is 2.24. The van der Waals surface area contributed by atoms with E-state index in [2.05, 4.69) is 10.0 Å². The second-order valence-corrected chi connectivity index (χ2v) is 4.37. The number of hydrogen-bond donors (Lipinski definition) is 2. The average molecular weight is 265 g/mol. The maximum Gasteiger partial charge on any atom is 0.329 e. The maximum atomic E-state index is 11.1. The molecule has 0 aliphatic carbocycles. The van der Waals surface area contributed by atoms with E-state index in [1.807, 2.05) is 0 Å². The molecule has 0 saturated heterocycles. The smallest absolute Gasteiger partial charge is 0.329 e. The summed E-state index contributed by atoms with van der Waals surface area (Å²) >= 11 is 13.0. The van der Waals surface area contributed by atoms with Gasteiger partial charge < -0.3 is 10.1 Å². The minimum atomic E-state index is -0.330. The van der Waals surface area contributed by atoms with Gasteiger partial charge in [-0.3, -0.25) is 4.72 Å². The van der Waals surface area contributed by atoms with Gasteiger partial charge in [0, 0.05) is 0 Å². The van der Waals surface area contributed by atoms with Gasteiger partial charge in [0.05, 0.1) is 22.1 Å². The fraction of sp³-hybridized carbons (Fsp3) is 0.125. The van der Waals surface area contributed by atoms with E-state index in [1.54, 1.807) is 6.07 Å². The van der Waals surface area contributed by atoms with Crippen LogP contribution in [-0.4, -0.2) is 13.1 Å². The average Bonchev–Trinajstić information content (AvgIpc) is 2.17. The molecule has 0 atom stereocenters. The van der Waals surface area contributed by atoms with Gasteiger partial charge in [-0.25, -0.2) is 4.79 Å². The molecule has 4 nitrogen and oxygen atoms in total. The van der Waals surface area contributed by atoms with Crippen molar-refractivity contribution in [1.82, 2.24) is 4.72 Å². The molecular weight excluding hydrogens is 259 g/mol. The number of amides is 2. The van der Waals surface area contributed by atoms with E-state index < -0.39 is 0 Å². The Labute approximate surface area is 100 Å². The van der Waals surface area contributed by atoms with Crippen molar-refractivity contribution in [3.05, 3.63) is 16.1 Å². The van der Waals surface area contributed by atoms with Gasteiger partial charge in [0.25, 0.3) is 0 Å². The number of anilines is 1. The molecular formula is C8H6Cl2N2O2S. The summed E-state index contributed by atoms with van der Waals surface area (Å²) in [6.45, 7) is 0. The quantitative estimate of drug-likeness (QED) is 0.767. The Kier molecular flexibility index (Phi) is 2.86. The molecule has 0 radical (unpaired) electrons. The van der Waals surface area contributed by atoms with Gasteiger partial charge in [0.1, 0.15) is 5.69 Å². The molecule has 2 amide bonds. The summed E-state index contributed by atoms with van der Waals surface area (Å²) in [4.78, 5) is 11.8.